The lowest BCUT2D eigenvalue weighted by atomic mass is 9.99. The van der Waals surface area contributed by atoms with Crippen LogP contribution in [0.1, 0.15) is 26.2 Å². The molecule has 0 spiro atoms. The summed E-state index contributed by atoms with van der Waals surface area (Å²) < 4.78 is 0. The van der Waals surface area contributed by atoms with Crippen LogP contribution in [0.2, 0.25) is 0 Å². The number of hydrogen-bond acceptors (Lipinski definition) is 2. The molecular weight excluding hydrogens is 178 g/mol. The van der Waals surface area contributed by atoms with Gasteiger partial charge in [-0.1, -0.05) is 12.2 Å². The predicted molar refractivity (Wildman–Crippen MR) is 54.6 cm³/mol. The maximum Gasteiger partial charge on any atom is 0.256 e. The Labute approximate surface area is 83.0 Å². The molecule has 3 nitrogen and oxygen atoms in total. The van der Waals surface area contributed by atoms with Crippen molar-refractivity contribution >= 4 is 0 Å². The number of allylic oxidation sites excluding steroid dienone is 4. The highest BCUT2D eigenvalue weighted by Gasteiger charge is 2.33. The summed E-state index contributed by atoms with van der Waals surface area (Å²) >= 11 is 0. The van der Waals surface area contributed by atoms with Crippen molar-refractivity contribution < 1.29 is 4.92 Å². The van der Waals surface area contributed by atoms with Gasteiger partial charge in [-0.2, -0.15) is 0 Å². The van der Waals surface area contributed by atoms with Crippen LogP contribution in [0.25, 0.3) is 0 Å². The molecule has 0 amide bonds. The zero-order valence-corrected chi connectivity index (χ0v) is 8.19. The number of hydrogen-bond donors (Lipinski definition) is 0. The monoisotopic (exact) mass is 191 g/mol. The Hall–Kier alpha value is -1.38. The fourth-order valence-corrected chi connectivity index (χ4v) is 2.02. The summed E-state index contributed by atoms with van der Waals surface area (Å²) in [5.41, 5.74) is 1.42. The summed E-state index contributed by atoms with van der Waals surface area (Å²) in [6, 6.07) is 0. The molecule has 14 heavy (non-hydrogen) atoms. The largest absolute Gasteiger partial charge is 0.263 e. The molecule has 2 aliphatic rings. The van der Waals surface area contributed by atoms with Crippen molar-refractivity contribution in [3.63, 3.8) is 0 Å². The summed E-state index contributed by atoms with van der Waals surface area (Å²) in [7, 11) is 0. The van der Waals surface area contributed by atoms with Crippen molar-refractivity contribution in [2.75, 3.05) is 0 Å². The highest BCUT2D eigenvalue weighted by atomic mass is 16.6. The molecule has 0 heterocycles. The van der Waals surface area contributed by atoms with Crippen molar-refractivity contribution in [2.45, 2.75) is 31.7 Å². The Morgan fingerprint density at radius 1 is 1.43 bits per heavy atom. The quantitative estimate of drug-likeness (QED) is 0.472. The molecule has 0 aromatic rings. The lowest BCUT2D eigenvalue weighted by molar-refractivity contribution is -0.535. The van der Waals surface area contributed by atoms with Gasteiger partial charge in [0.15, 0.2) is 0 Å². The summed E-state index contributed by atoms with van der Waals surface area (Å²) in [4.78, 5) is 10.7. The molecule has 0 aromatic heterocycles. The number of rotatable bonds is 1. The van der Waals surface area contributed by atoms with E-state index in [0.29, 0.717) is 0 Å². The van der Waals surface area contributed by atoms with E-state index >= 15 is 0 Å². The molecule has 1 unspecified atom stereocenters. The molecule has 0 aliphatic heterocycles. The first kappa shape index (κ1) is 9.19. The smallest absolute Gasteiger partial charge is 0.256 e. The van der Waals surface area contributed by atoms with E-state index in [0.717, 1.165) is 24.8 Å². The fourth-order valence-electron chi connectivity index (χ4n) is 2.02. The molecule has 1 fully saturated rings. The molecule has 0 bridgehead atoms. The predicted octanol–water partition coefficient (Wildman–Crippen LogP) is 2.63. The van der Waals surface area contributed by atoms with Crippen LogP contribution in [0.4, 0.5) is 0 Å². The molecule has 0 radical (unpaired) electrons. The topological polar surface area (TPSA) is 43.1 Å². The maximum absolute atomic E-state index is 10.9. The van der Waals surface area contributed by atoms with E-state index in [1.54, 1.807) is 19.1 Å². The summed E-state index contributed by atoms with van der Waals surface area (Å²) in [6.45, 7) is 1.64. The van der Waals surface area contributed by atoms with Crippen LogP contribution in [-0.4, -0.2) is 10.5 Å². The lowest BCUT2D eigenvalue weighted by Gasteiger charge is -2.12. The minimum Gasteiger partial charge on any atom is -0.263 e. The minimum atomic E-state index is -1.02. The molecule has 0 aromatic carbocycles. The first-order valence-corrected chi connectivity index (χ1v) is 4.87. The second-order valence-electron chi connectivity index (χ2n) is 4.06. The van der Waals surface area contributed by atoms with Gasteiger partial charge in [0, 0.05) is 11.8 Å². The molecule has 1 saturated carbocycles. The van der Waals surface area contributed by atoms with Crippen LogP contribution in [0.15, 0.2) is 35.5 Å². The average Bonchev–Trinajstić information content (AvgIpc) is 2.46. The normalized spacial score (nSPS) is 30.4. The summed E-state index contributed by atoms with van der Waals surface area (Å²) in [5, 5.41) is 10.9. The van der Waals surface area contributed by atoms with Gasteiger partial charge >= 0.3 is 0 Å². The van der Waals surface area contributed by atoms with Crippen molar-refractivity contribution in [1.29, 1.82) is 0 Å². The second-order valence-corrected chi connectivity index (χ2v) is 4.06. The van der Waals surface area contributed by atoms with Crippen LogP contribution in [0.5, 0.6) is 0 Å². The molecule has 0 N–H and O–H groups in total. The third-order valence-corrected chi connectivity index (χ3v) is 2.90. The van der Waals surface area contributed by atoms with E-state index in [4.69, 9.17) is 0 Å². The Morgan fingerprint density at radius 2 is 2.14 bits per heavy atom. The minimum absolute atomic E-state index is 0.231. The van der Waals surface area contributed by atoms with Gasteiger partial charge < -0.3 is 0 Å². The molecular formula is C11H13NO2. The second kappa shape index (κ2) is 3.08. The first-order chi connectivity index (χ1) is 6.62. The zero-order chi connectivity index (χ0) is 10.2. The van der Waals surface area contributed by atoms with Gasteiger partial charge in [-0.05, 0) is 42.6 Å². The van der Waals surface area contributed by atoms with Gasteiger partial charge in [-0.25, -0.2) is 0 Å². The molecule has 2 aliphatic carbocycles. The van der Waals surface area contributed by atoms with Crippen LogP contribution < -0.4 is 0 Å². The van der Waals surface area contributed by atoms with Crippen LogP contribution in [-0.2, 0) is 0 Å². The summed E-state index contributed by atoms with van der Waals surface area (Å²) in [5.74, 6) is 0. The van der Waals surface area contributed by atoms with E-state index in [9.17, 15) is 10.1 Å². The fraction of sp³-hybridized carbons (Fsp3) is 0.455. The van der Waals surface area contributed by atoms with E-state index in [-0.39, 0.29) is 4.92 Å². The molecule has 1 atom stereocenters. The molecule has 0 saturated heterocycles. The van der Waals surface area contributed by atoms with Crippen molar-refractivity contribution in [2.24, 2.45) is 0 Å². The lowest BCUT2D eigenvalue weighted by Crippen LogP contribution is -2.29. The first-order valence-electron chi connectivity index (χ1n) is 4.87. The highest BCUT2D eigenvalue weighted by Crippen LogP contribution is 2.34. The Morgan fingerprint density at radius 3 is 2.86 bits per heavy atom. The number of nitro groups is 1. The SMILES string of the molecule is CC1([N+](=O)[O-])C=CC=C2CCCC2=C1. The van der Waals surface area contributed by atoms with Gasteiger partial charge in [0.2, 0.25) is 0 Å². The highest BCUT2D eigenvalue weighted by molar-refractivity contribution is 5.42. The van der Waals surface area contributed by atoms with Gasteiger partial charge in [0.1, 0.15) is 0 Å². The van der Waals surface area contributed by atoms with E-state index in [1.807, 2.05) is 12.2 Å². The average molecular weight is 191 g/mol. The number of nitrogens with zero attached hydrogens (tertiary/aromatic N) is 1. The standard InChI is InChI=1S/C11H13NO2/c1-11(12(13)14)7-3-6-9-4-2-5-10(9)8-11/h3,6-8H,2,4-5H2,1H3. The van der Waals surface area contributed by atoms with Gasteiger partial charge in [-0.15, -0.1) is 0 Å². The van der Waals surface area contributed by atoms with Crippen molar-refractivity contribution in [3.05, 3.63) is 45.6 Å². The third-order valence-electron chi connectivity index (χ3n) is 2.90. The summed E-state index contributed by atoms with van der Waals surface area (Å²) in [6.07, 6.45) is 10.4. The van der Waals surface area contributed by atoms with E-state index in [1.165, 1.54) is 5.57 Å². The third kappa shape index (κ3) is 1.39. The Kier molecular flexibility index (Phi) is 2.02. The van der Waals surface area contributed by atoms with Crippen LogP contribution >= 0.6 is 0 Å². The van der Waals surface area contributed by atoms with E-state index in [2.05, 4.69) is 0 Å². The van der Waals surface area contributed by atoms with Crippen LogP contribution in [0, 0.1) is 10.1 Å². The van der Waals surface area contributed by atoms with Gasteiger partial charge in [0.25, 0.3) is 5.54 Å². The van der Waals surface area contributed by atoms with Crippen LogP contribution in [0.3, 0.4) is 0 Å². The molecule has 2 rings (SSSR count). The van der Waals surface area contributed by atoms with E-state index < -0.39 is 5.54 Å². The van der Waals surface area contributed by atoms with Crippen molar-refractivity contribution in [1.82, 2.24) is 0 Å². The molecule has 3 heteroatoms. The zero-order valence-electron chi connectivity index (χ0n) is 8.19. The van der Waals surface area contributed by atoms with Crippen molar-refractivity contribution in [3.8, 4) is 0 Å². The number of fused-ring (bicyclic) bond motifs is 1. The molecule has 74 valence electrons. The maximum atomic E-state index is 10.9. The van der Waals surface area contributed by atoms with Gasteiger partial charge in [0.05, 0.1) is 0 Å². The van der Waals surface area contributed by atoms with Gasteiger partial charge in [-0.3, -0.25) is 10.1 Å². The Bertz CT molecular complexity index is 365. The Balaban J connectivity index is 2.43.